The van der Waals surface area contributed by atoms with Crippen LogP contribution in [0.15, 0.2) is 18.2 Å². The van der Waals surface area contributed by atoms with E-state index in [0.717, 1.165) is 19.3 Å². The third kappa shape index (κ3) is 2.98. The van der Waals surface area contributed by atoms with Crippen LogP contribution in [0.4, 0.5) is 5.69 Å². The van der Waals surface area contributed by atoms with E-state index in [0.29, 0.717) is 24.2 Å². The van der Waals surface area contributed by atoms with Crippen molar-refractivity contribution in [2.75, 3.05) is 18.9 Å². The van der Waals surface area contributed by atoms with Gasteiger partial charge in [0.1, 0.15) is 5.75 Å². The van der Waals surface area contributed by atoms with E-state index in [1.807, 2.05) is 0 Å². The Bertz CT molecular complexity index is 458. The van der Waals surface area contributed by atoms with Crippen LogP contribution in [0.5, 0.6) is 5.75 Å². The Morgan fingerprint density at radius 2 is 2.16 bits per heavy atom. The van der Waals surface area contributed by atoms with E-state index in [2.05, 4.69) is 0 Å². The number of carbonyl (C=O) groups excluding carboxylic acids is 1. The van der Waals surface area contributed by atoms with Gasteiger partial charge in [-0.15, -0.1) is 0 Å². The monoisotopic (exact) mass is 264 g/mol. The summed E-state index contributed by atoms with van der Waals surface area (Å²) in [5, 5.41) is 18.4. The molecular formula is C14H20N2O3. The third-order valence-electron chi connectivity index (χ3n) is 3.60. The largest absolute Gasteiger partial charge is 0.508 e. The Kier molecular flexibility index (Phi) is 4.27. The summed E-state index contributed by atoms with van der Waals surface area (Å²) < 4.78 is 0. The highest BCUT2D eigenvalue weighted by atomic mass is 16.3. The van der Waals surface area contributed by atoms with Gasteiger partial charge in [0.2, 0.25) is 0 Å². The molecule has 1 aliphatic carbocycles. The van der Waals surface area contributed by atoms with Crippen LogP contribution in [0.25, 0.3) is 0 Å². The van der Waals surface area contributed by atoms with Crippen molar-refractivity contribution in [3.05, 3.63) is 23.8 Å². The number of aliphatic hydroxyl groups excluding tert-OH is 1. The van der Waals surface area contributed by atoms with Gasteiger partial charge in [0.05, 0.1) is 5.56 Å². The van der Waals surface area contributed by atoms with Crippen LogP contribution >= 0.6 is 0 Å². The summed E-state index contributed by atoms with van der Waals surface area (Å²) in [5.74, 6) is -0.125. The zero-order valence-corrected chi connectivity index (χ0v) is 10.9. The predicted octanol–water partition coefficient (Wildman–Crippen LogP) is 1.35. The number of aliphatic hydroxyl groups is 1. The first kappa shape index (κ1) is 13.7. The molecule has 0 aliphatic heterocycles. The predicted molar refractivity (Wildman–Crippen MR) is 72.9 cm³/mol. The molecule has 1 aliphatic rings. The van der Waals surface area contributed by atoms with Crippen LogP contribution in [-0.2, 0) is 0 Å². The molecule has 104 valence electrons. The van der Waals surface area contributed by atoms with Crippen LogP contribution < -0.4 is 5.73 Å². The van der Waals surface area contributed by atoms with E-state index in [9.17, 15) is 9.90 Å². The second-order valence-electron chi connectivity index (χ2n) is 4.93. The minimum absolute atomic E-state index is 0.0354. The molecule has 0 saturated heterocycles. The normalized spacial score (nSPS) is 15.0. The Morgan fingerprint density at radius 1 is 1.42 bits per heavy atom. The fourth-order valence-corrected chi connectivity index (χ4v) is 2.27. The van der Waals surface area contributed by atoms with E-state index < -0.39 is 0 Å². The van der Waals surface area contributed by atoms with Crippen molar-refractivity contribution in [3.63, 3.8) is 0 Å². The molecule has 2 rings (SSSR count). The molecule has 0 unspecified atom stereocenters. The molecule has 5 nitrogen and oxygen atoms in total. The molecule has 4 N–H and O–H groups in total. The number of phenols is 1. The molecule has 0 aromatic heterocycles. The highest BCUT2D eigenvalue weighted by Gasteiger charge is 2.29. The summed E-state index contributed by atoms with van der Waals surface area (Å²) >= 11 is 0. The van der Waals surface area contributed by atoms with Crippen molar-refractivity contribution in [1.29, 1.82) is 0 Å². The van der Waals surface area contributed by atoms with Gasteiger partial charge in [-0.2, -0.15) is 0 Å². The van der Waals surface area contributed by atoms with E-state index in [-0.39, 0.29) is 24.3 Å². The number of hydrogen-bond donors (Lipinski definition) is 3. The number of phenolic OH excluding ortho intramolecular Hbond substituents is 1. The average Bonchev–Trinajstić information content (AvgIpc) is 2.34. The molecule has 0 heterocycles. The molecule has 1 aromatic carbocycles. The smallest absolute Gasteiger partial charge is 0.256 e. The minimum atomic E-state index is -0.161. The standard InChI is InChI=1S/C14H20N2O3/c15-13-6-5-11(18)9-12(13)14(19)16(7-2-8-17)10-3-1-4-10/h5-6,9-10,17-18H,1-4,7-8,15H2. The molecule has 1 aromatic rings. The van der Waals surface area contributed by atoms with Crippen LogP contribution in [0, 0.1) is 0 Å². The van der Waals surface area contributed by atoms with Gasteiger partial charge in [0.15, 0.2) is 0 Å². The summed E-state index contributed by atoms with van der Waals surface area (Å²) in [6.07, 6.45) is 3.68. The Labute approximate surface area is 112 Å². The molecule has 0 bridgehead atoms. The van der Waals surface area contributed by atoms with Crippen molar-refractivity contribution in [3.8, 4) is 5.75 Å². The number of rotatable bonds is 5. The van der Waals surface area contributed by atoms with Gasteiger partial charge >= 0.3 is 0 Å². The van der Waals surface area contributed by atoms with Gasteiger partial charge in [-0.1, -0.05) is 0 Å². The minimum Gasteiger partial charge on any atom is -0.508 e. The summed E-state index contributed by atoms with van der Waals surface area (Å²) in [7, 11) is 0. The van der Waals surface area contributed by atoms with E-state index in [4.69, 9.17) is 10.8 Å². The lowest BCUT2D eigenvalue weighted by Gasteiger charge is -2.37. The van der Waals surface area contributed by atoms with Crippen LogP contribution in [0.1, 0.15) is 36.0 Å². The van der Waals surface area contributed by atoms with Gasteiger partial charge < -0.3 is 20.8 Å². The SMILES string of the molecule is Nc1ccc(O)cc1C(=O)N(CCCO)C1CCC1. The Balaban J connectivity index is 2.19. The van der Waals surface area contributed by atoms with Crippen LogP contribution in [0.2, 0.25) is 0 Å². The van der Waals surface area contributed by atoms with Crippen molar-refractivity contribution in [2.45, 2.75) is 31.7 Å². The first-order valence-corrected chi connectivity index (χ1v) is 6.64. The fraction of sp³-hybridized carbons (Fsp3) is 0.500. The zero-order valence-electron chi connectivity index (χ0n) is 10.9. The first-order chi connectivity index (χ1) is 9.13. The number of carbonyl (C=O) groups is 1. The van der Waals surface area contributed by atoms with Crippen molar-refractivity contribution in [2.24, 2.45) is 0 Å². The van der Waals surface area contributed by atoms with Crippen molar-refractivity contribution >= 4 is 11.6 Å². The lowest BCUT2D eigenvalue weighted by molar-refractivity contribution is 0.0563. The maximum absolute atomic E-state index is 12.5. The van der Waals surface area contributed by atoms with Gasteiger partial charge in [0.25, 0.3) is 5.91 Å². The summed E-state index contributed by atoms with van der Waals surface area (Å²) in [4.78, 5) is 14.3. The lowest BCUT2D eigenvalue weighted by Crippen LogP contribution is -2.45. The molecule has 0 radical (unpaired) electrons. The fourth-order valence-electron chi connectivity index (χ4n) is 2.27. The number of nitrogen functional groups attached to an aromatic ring is 1. The summed E-state index contributed by atoms with van der Waals surface area (Å²) in [5.41, 5.74) is 6.52. The summed E-state index contributed by atoms with van der Waals surface area (Å²) in [6.45, 7) is 0.584. The van der Waals surface area contributed by atoms with Gasteiger partial charge in [-0.3, -0.25) is 4.79 Å². The van der Waals surface area contributed by atoms with Crippen LogP contribution in [0.3, 0.4) is 0 Å². The van der Waals surface area contributed by atoms with E-state index in [1.54, 1.807) is 4.90 Å². The maximum Gasteiger partial charge on any atom is 0.256 e. The molecule has 0 spiro atoms. The molecule has 19 heavy (non-hydrogen) atoms. The van der Waals surface area contributed by atoms with Crippen molar-refractivity contribution < 1.29 is 15.0 Å². The quantitative estimate of drug-likeness (QED) is 0.553. The molecule has 1 saturated carbocycles. The second-order valence-corrected chi connectivity index (χ2v) is 4.93. The van der Waals surface area contributed by atoms with Gasteiger partial charge in [-0.05, 0) is 43.9 Å². The topological polar surface area (TPSA) is 86.8 Å². The molecule has 1 fully saturated rings. The number of nitrogens with zero attached hydrogens (tertiary/aromatic N) is 1. The molecule has 1 amide bonds. The average molecular weight is 264 g/mol. The van der Waals surface area contributed by atoms with Gasteiger partial charge in [-0.25, -0.2) is 0 Å². The Hall–Kier alpha value is -1.75. The lowest BCUT2D eigenvalue weighted by atomic mass is 9.90. The number of amides is 1. The van der Waals surface area contributed by atoms with Crippen LogP contribution in [-0.4, -0.2) is 40.2 Å². The third-order valence-corrected chi connectivity index (χ3v) is 3.60. The number of aromatic hydroxyl groups is 1. The van der Waals surface area contributed by atoms with E-state index >= 15 is 0 Å². The zero-order chi connectivity index (χ0) is 13.8. The number of nitrogens with two attached hydrogens (primary N) is 1. The number of hydrogen-bond acceptors (Lipinski definition) is 4. The van der Waals surface area contributed by atoms with Gasteiger partial charge in [0, 0.05) is 24.9 Å². The van der Waals surface area contributed by atoms with E-state index in [1.165, 1.54) is 18.2 Å². The summed E-state index contributed by atoms with van der Waals surface area (Å²) in [6, 6.07) is 4.64. The Morgan fingerprint density at radius 3 is 2.74 bits per heavy atom. The second kappa shape index (κ2) is 5.93. The maximum atomic E-state index is 12.5. The van der Waals surface area contributed by atoms with Crippen molar-refractivity contribution in [1.82, 2.24) is 4.90 Å². The molecule has 0 atom stereocenters. The molecule has 5 heteroatoms. The number of benzene rings is 1. The first-order valence-electron chi connectivity index (χ1n) is 6.64. The highest BCUT2D eigenvalue weighted by Crippen LogP contribution is 2.28. The molecular weight excluding hydrogens is 244 g/mol. The highest BCUT2D eigenvalue weighted by molar-refractivity contribution is 5.99. The number of anilines is 1.